The zero-order valence-corrected chi connectivity index (χ0v) is 14.8. The molecule has 0 unspecified atom stereocenters. The molecule has 0 aliphatic carbocycles. The molecule has 132 valence electrons. The number of amides is 1. The Hall–Kier alpha value is -2.47. The van der Waals surface area contributed by atoms with Crippen molar-refractivity contribution in [3.05, 3.63) is 53.7 Å². The van der Waals surface area contributed by atoms with Gasteiger partial charge in [0.05, 0.1) is 5.69 Å². The molecule has 2 heterocycles. The van der Waals surface area contributed by atoms with E-state index in [0.717, 1.165) is 43.0 Å². The molecule has 3 rings (SSSR count). The topological polar surface area (TPSA) is 75.3 Å². The summed E-state index contributed by atoms with van der Waals surface area (Å²) in [6, 6.07) is 13.5. The highest BCUT2D eigenvalue weighted by Crippen LogP contribution is 2.27. The molecule has 0 spiro atoms. The fourth-order valence-corrected chi connectivity index (χ4v) is 3.50. The largest absolute Gasteiger partial charge is 0.368 e. The number of aromatic nitrogens is 2. The average Bonchev–Trinajstić information content (AvgIpc) is 2.63. The van der Waals surface area contributed by atoms with Gasteiger partial charge in [-0.1, -0.05) is 30.3 Å². The second-order valence-corrected chi connectivity index (χ2v) is 6.66. The molecule has 0 bridgehead atoms. The summed E-state index contributed by atoms with van der Waals surface area (Å²) < 4.78 is 0. The number of piperidine rings is 1. The molecule has 2 aromatic rings. The summed E-state index contributed by atoms with van der Waals surface area (Å²) in [5.41, 5.74) is 7.57. The van der Waals surface area contributed by atoms with Gasteiger partial charge in [-0.05, 0) is 44.5 Å². The van der Waals surface area contributed by atoms with E-state index in [-0.39, 0.29) is 11.9 Å². The van der Waals surface area contributed by atoms with E-state index in [2.05, 4.69) is 20.0 Å². The second-order valence-electron chi connectivity index (χ2n) is 6.66. The van der Waals surface area contributed by atoms with Crippen molar-refractivity contribution >= 4 is 11.7 Å². The summed E-state index contributed by atoms with van der Waals surface area (Å²) in [4.78, 5) is 16.5. The van der Waals surface area contributed by atoms with Gasteiger partial charge in [0.2, 0.25) is 5.91 Å². The Labute approximate surface area is 148 Å². The number of primary amides is 1. The van der Waals surface area contributed by atoms with E-state index >= 15 is 0 Å². The van der Waals surface area contributed by atoms with Gasteiger partial charge in [0.15, 0.2) is 5.82 Å². The molecule has 1 aromatic heterocycles. The van der Waals surface area contributed by atoms with Gasteiger partial charge in [-0.25, -0.2) is 0 Å². The van der Waals surface area contributed by atoms with Crippen LogP contribution in [0.5, 0.6) is 0 Å². The fourth-order valence-electron chi connectivity index (χ4n) is 3.50. The molecule has 1 saturated heterocycles. The molecule has 1 fully saturated rings. The van der Waals surface area contributed by atoms with Crippen LogP contribution in [-0.4, -0.2) is 47.2 Å². The molecule has 1 aliphatic heterocycles. The van der Waals surface area contributed by atoms with Crippen molar-refractivity contribution in [3.63, 3.8) is 0 Å². The predicted molar refractivity (Wildman–Crippen MR) is 98.1 cm³/mol. The number of hydrogen-bond acceptors (Lipinski definition) is 5. The van der Waals surface area contributed by atoms with Crippen LogP contribution in [0.4, 0.5) is 5.82 Å². The molecule has 0 radical (unpaired) electrons. The second kappa shape index (κ2) is 7.61. The van der Waals surface area contributed by atoms with Crippen LogP contribution >= 0.6 is 0 Å². The van der Waals surface area contributed by atoms with Crippen molar-refractivity contribution < 1.29 is 4.79 Å². The van der Waals surface area contributed by atoms with Gasteiger partial charge < -0.3 is 10.6 Å². The molecule has 6 heteroatoms. The van der Waals surface area contributed by atoms with Gasteiger partial charge in [0.1, 0.15) is 6.04 Å². The highest BCUT2D eigenvalue weighted by molar-refractivity contribution is 5.81. The summed E-state index contributed by atoms with van der Waals surface area (Å²) in [5, 5.41) is 8.46. The Bertz CT molecular complexity index is 704. The number of rotatable bonds is 5. The first-order chi connectivity index (χ1) is 12.1. The van der Waals surface area contributed by atoms with Crippen LogP contribution < -0.4 is 10.6 Å². The average molecular weight is 339 g/mol. The third kappa shape index (κ3) is 3.96. The maximum atomic E-state index is 12.1. The van der Waals surface area contributed by atoms with Crippen molar-refractivity contribution in [2.24, 2.45) is 5.73 Å². The number of likely N-dealkylation sites (N-methyl/N-ethyl adjacent to an activating group) is 1. The van der Waals surface area contributed by atoms with Crippen LogP contribution in [0.15, 0.2) is 42.5 Å². The number of anilines is 1. The molecule has 2 N–H and O–H groups in total. The number of carbonyl (C=O) groups is 1. The Morgan fingerprint density at radius 1 is 1.24 bits per heavy atom. The normalized spacial score (nSPS) is 19.0. The van der Waals surface area contributed by atoms with Crippen molar-refractivity contribution in [1.29, 1.82) is 0 Å². The molecular formula is C19H25N5O. The van der Waals surface area contributed by atoms with Crippen LogP contribution in [0.1, 0.15) is 30.1 Å². The summed E-state index contributed by atoms with van der Waals surface area (Å²) >= 11 is 0. The van der Waals surface area contributed by atoms with Gasteiger partial charge in [0.25, 0.3) is 0 Å². The first kappa shape index (κ1) is 17.4. The van der Waals surface area contributed by atoms with Crippen molar-refractivity contribution in [2.75, 3.05) is 25.0 Å². The number of benzene rings is 1. The molecule has 0 saturated carbocycles. The Morgan fingerprint density at radius 2 is 2.00 bits per heavy atom. The maximum Gasteiger partial charge on any atom is 0.239 e. The van der Waals surface area contributed by atoms with E-state index in [9.17, 15) is 4.79 Å². The van der Waals surface area contributed by atoms with Crippen LogP contribution in [0, 0.1) is 6.92 Å². The minimum atomic E-state index is -0.421. The zero-order chi connectivity index (χ0) is 17.8. The molecular weight excluding hydrogens is 314 g/mol. The molecule has 1 amide bonds. The van der Waals surface area contributed by atoms with Gasteiger partial charge >= 0.3 is 0 Å². The van der Waals surface area contributed by atoms with Gasteiger partial charge in [-0.15, -0.1) is 5.10 Å². The van der Waals surface area contributed by atoms with E-state index in [1.54, 1.807) is 0 Å². The fraction of sp³-hybridized carbons (Fsp3) is 0.421. The lowest BCUT2D eigenvalue weighted by atomic mass is 9.98. The maximum absolute atomic E-state index is 12.1. The van der Waals surface area contributed by atoms with Crippen LogP contribution in [-0.2, 0) is 4.79 Å². The SMILES string of the molecule is Cc1ccc(N2CCC[C@@H](N(C)[C@H](C(N)=O)c3ccccc3)C2)nn1. The number of aryl methyl sites for hydroxylation is 1. The van der Waals surface area contributed by atoms with E-state index in [0.29, 0.717) is 0 Å². The number of hydrogen-bond donors (Lipinski definition) is 1. The quantitative estimate of drug-likeness (QED) is 0.901. The first-order valence-electron chi connectivity index (χ1n) is 8.67. The Morgan fingerprint density at radius 3 is 2.64 bits per heavy atom. The summed E-state index contributed by atoms with van der Waals surface area (Å²) in [6.45, 7) is 3.69. The van der Waals surface area contributed by atoms with Crippen molar-refractivity contribution in [3.8, 4) is 0 Å². The van der Waals surface area contributed by atoms with E-state index in [1.807, 2.05) is 56.4 Å². The van der Waals surface area contributed by atoms with Crippen molar-refractivity contribution in [2.45, 2.75) is 31.8 Å². The lowest BCUT2D eigenvalue weighted by Crippen LogP contribution is -2.50. The minimum Gasteiger partial charge on any atom is -0.368 e. The monoisotopic (exact) mass is 339 g/mol. The summed E-state index contributed by atoms with van der Waals surface area (Å²) in [5.74, 6) is 0.569. The summed E-state index contributed by atoms with van der Waals surface area (Å²) in [7, 11) is 1.98. The lowest BCUT2D eigenvalue weighted by molar-refractivity contribution is -0.123. The van der Waals surface area contributed by atoms with E-state index < -0.39 is 6.04 Å². The van der Waals surface area contributed by atoms with Crippen LogP contribution in [0.25, 0.3) is 0 Å². The number of carbonyl (C=O) groups excluding carboxylic acids is 1. The van der Waals surface area contributed by atoms with Crippen LogP contribution in [0.3, 0.4) is 0 Å². The molecule has 1 aliphatic rings. The van der Waals surface area contributed by atoms with Gasteiger partial charge in [0, 0.05) is 19.1 Å². The molecule has 1 aromatic carbocycles. The highest BCUT2D eigenvalue weighted by atomic mass is 16.1. The zero-order valence-electron chi connectivity index (χ0n) is 14.8. The van der Waals surface area contributed by atoms with E-state index in [1.165, 1.54) is 0 Å². The molecule has 6 nitrogen and oxygen atoms in total. The predicted octanol–water partition coefficient (Wildman–Crippen LogP) is 1.91. The third-order valence-electron chi connectivity index (χ3n) is 4.87. The standard InChI is InChI=1S/C19H25N5O/c1-14-10-11-17(22-21-14)24-12-6-9-16(13-24)23(2)18(19(20)25)15-7-4-3-5-8-15/h3-5,7-8,10-11,16,18H,6,9,12-13H2,1-2H3,(H2,20,25)/t16-,18+/m1/s1. The smallest absolute Gasteiger partial charge is 0.239 e. The van der Waals surface area contributed by atoms with E-state index in [4.69, 9.17) is 5.73 Å². The van der Waals surface area contributed by atoms with Crippen LogP contribution in [0.2, 0.25) is 0 Å². The number of nitrogens with two attached hydrogens (primary N) is 1. The minimum absolute atomic E-state index is 0.231. The highest BCUT2D eigenvalue weighted by Gasteiger charge is 2.31. The first-order valence-corrected chi connectivity index (χ1v) is 8.67. The number of nitrogens with zero attached hydrogens (tertiary/aromatic N) is 4. The lowest BCUT2D eigenvalue weighted by Gasteiger charge is -2.40. The van der Waals surface area contributed by atoms with Crippen molar-refractivity contribution in [1.82, 2.24) is 15.1 Å². The van der Waals surface area contributed by atoms with Gasteiger partial charge in [-0.2, -0.15) is 5.10 Å². The molecule has 2 atom stereocenters. The van der Waals surface area contributed by atoms with Gasteiger partial charge in [-0.3, -0.25) is 9.69 Å². The Balaban J connectivity index is 1.77. The molecule has 25 heavy (non-hydrogen) atoms. The third-order valence-corrected chi connectivity index (χ3v) is 4.87. The Kier molecular flexibility index (Phi) is 5.28. The summed E-state index contributed by atoms with van der Waals surface area (Å²) in [6.07, 6.45) is 2.08.